The summed E-state index contributed by atoms with van der Waals surface area (Å²) in [6.07, 6.45) is 1.39. The highest BCUT2D eigenvalue weighted by atomic mass is 32.2. The fraction of sp³-hybridized carbons (Fsp3) is 0.407. The molecular weight excluding hydrogens is 544 g/mol. The SMILES string of the molecule is COCC(C)(C)COc1c(N2CCN(S(=O)(=O)Cc3ccc(N)cc3)CC2)cnn(-c2cc(F)cc(F)c2)c1=O. The number of hydrogen-bond donors (Lipinski definition) is 1. The van der Waals surface area contributed by atoms with Crippen LogP contribution in [-0.4, -0.2) is 69.0 Å². The molecule has 1 aliphatic rings. The zero-order chi connectivity index (χ0) is 29.1. The highest BCUT2D eigenvalue weighted by molar-refractivity contribution is 7.88. The lowest BCUT2D eigenvalue weighted by molar-refractivity contribution is 0.0638. The predicted molar refractivity (Wildman–Crippen MR) is 148 cm³/mol. The maximum atomic E-state index is 13.9. The molecule has 2 N–H and O–H groups in total. The van der Waals surface area contributed by atoms with E-state index in [2.05, 4.69) is 5.10 Å². The van der Waals surface area contributed by atoms with Crippen LogP contribution in [0.3, 0.4) is 0 Å². The Kier molecular flexibility index (Phi) is 8.76. The highest BCUT2D eigenvalue weighted by Crippen LogP contribution is 2.28. The number of nitrogen functional groups attached to an aromatic ring is 1. The van der Waals surface area contributed by atoms with E-state index < -0.39 is 32.6 Å². The maximum absolute atomic E-state index is 13.9. The molecule has 1 fully saturated rings. The molecule has 3 aromatic rings. The Balaban J connectivity index is 1.59. The van der Waals surface area contributed by atoms with Gasteiger partial charge in [0.2, 0.25) is 15.8 Å². The molecule has 1 aromatic heterocycles. The Morgan fingerprint density at radius 3 is 2.23 bits per heavy atom. The second-order valence-electron chi connectivity index (χ2n) is 10.5. The van der Waals surface area contributed by atoms with Crippen LogP contribution in [0.4, 0.5) is 20.2 Å². The summed E-state index contributed by atoms with van der Waals surface area (Å²) in [6.45, 7) is 5.21. The summed E-state index contributed by atoms with van der Waals surface area (Å²) >= 11 is 0. The van der Waals surface area contributed by atoms with Crippen molar-refractivity contribution in [1.82, 2.24) is 14.1 Å². The zero-order valence-electron chi connectivity index (χ0n) is 22.6. The van der Waals surface area contributed by atoms with Crippen molar-refractivity contribution in [2.75, 3.05) is 57.1 Å². The molecule has 0 aliphatic carbocycles. The van der Waals surface area contributed by atoms with Crippen LogP contribution in [0.5, 0.6) is 5.75 Å². The maximum Gasteiger partial charge on any atom is 0.316 e. The molecule has 4 rings (SSSR count). The van der Waals surface area contributed by atoms with Crippen molar-refractivity contribution >= 4 is 21.4 Å². The number of rotatable bonds is 10. The molecule has 0 radical (unpaired) electrons. The fourth-order valence-electron chi connectivity index (χ4n) is 4.46. The lowest BCUT2D eigenvalue weighted by atomic mass is 9.96. The lowest BCUT2D eigenvalue weighted by Crippen LogP contribution is -2.49. The van der Waals surface area contributed by atoms with Gasteiger partial charge in [0, 0.05) is 50.5 Å². The number of aromatic nitrogens is 2. The van der Waals surface area contributed by atoms with Crippen molar-refractivity contribution in [2.45, 2.75) is 19.6 Å². The molecular formula is C27H33F2N5O5S. The Hall–Kier alpha value is -3.55. The topological polar surface area (TPSA) is 120 Å². The van der Waals surface area contributed by atoms with Crippen LogP contribution in [0.25, 0.3) is 5.69 Å². The quantitative estimate of drug-likeness (QED) is 0.366. The number of ether oxygens (including phenoxy) is 2. The van der Waals surface area contributed by atoms with Gasteiger partial charge in [-0.1, -0.05) is 26.0 Å². The van der Waals surface area contributed by atoms with Gasteiger partial charge in [0.25, 0.3) is 0 Å². The first-order valence-electron chi connectivity index (χ1n) is 12.7. The van der Waals surface area contributed by atoms with Crippen LogP contribution in [0, 0.1) is 17.0 Å². The van der Waals surface area contributed by atoms with Crippen molar-refractivity contribution in [3.63, 3.8) is 0 Å². The van der Waals surface area contributed by atoms with Gasteiger partial charge in [0.15, 0.2) is 0 Å². The Bertz CT molecular complexity index is 1480. The van der Waals surface area contributed by atoms with Gasteiger partial charge in [-0.2, -0.15) is 14.1 Å². The van der Waals surface area contributed by atoms with Crippen molar-refractivity contribution in [3.05, 3.63) is 76.2 Å². The second-order valence-corrected chi connectivity index (χ2v) is 12.4. The molecule has 1 aliphatic heterocycles. The monoisotopic (exact) mass is 577 g/mol. The summed E-state index contributed by atoms with van der Waals surface area (Å²) in [5.41, 5.74) is 6.00. The smallest absolute Gasteiger partial charge is 0.316 e. The van der Waals surface area contributed by atoms with E-state index in [4.69, 9.17) is 15.2 Å². The summed E-state index contributed by atoms with van der Waals surface area (Å²) < 4.78 is 67.4. The third-order valence-electron chi connectivity index (χ3n) is 6.45. The van der Waals surface area contributed by atoms with E-state index in [9.17, 15) is 22.0 Å². The molecule has 2 aromatic carbocycles. The van der Waals surface area contributed by atoms with E-state index in [1.165, 1.54) is 10.5 Å². The molecule has 2 heterocycles. The molecule has 0 bridgehead atoms. The number of methoxy groups -OCH3 is 1. The zero-order valence-corrected chi connectivity index (χ0v) is 23.5. The van der Waals surface area contributed by atoms with Crippen molar-refractivity contribution in [1.29, 1.82) is 0 Å². The van der Waals surface area contributed by atoms with Gasteiger partial charge < -0.3 is 20.1 Å². The number of halogens is 2. The van der Waals surface area contributed by atoms with Crippen molar-refractivity contribution in [3.8, 4) is 11.4 Å². The average molecular weight is 578 g/mol. The van der Waals surface area contributed by atoms with Crippen LogP contribution < -0.4 is 20.9 Å². The standard InChI is InChI=1S/C27H33F2N5O5S/c1-27(2,17-38-3)18-39-25-24(15-31-34(26(25)35)23-13-20(28)12-21(29)14-23)32-8-10-33(11-9-32)40(36,37)16-19-4-6-22(30)7-5-19/h4-7,12-15H,8-11,16-18,30H2,1-3H3. The van der Waals surface area contributed by atoms with Crippen LogP contribution in [0.15, 0.2) is 53.5 Å². The van der Waals surface area contributed by atoms with E-state index in [-0.39, 0.29) is 50.0 Å². The Morgan fingerprint density at radius 1 is 1.00 bits per heavy atom. The molecule has 0 unspecified atom stereocenters. The van der Waals surface area contributed by atoms with Crippen LogP contribution in [0.1, 0.15) is 19.4 Å². The molecule has 0 spiro atoms. The third kappa shape index (κ3) is 6.95. The number of nitrogens with zero attached hydrogens (tertiary/aromatic N) is 4. The minimum absolute atomic E-state index is 0.0537. The molecule has 216 valence electrons. The van der Waals surface area contributed by atoms with Gasteiger partial charge in [-0.25, -0.2) is 17.2 Å². The minimum atomic E-state index is -3.59. The second kappa shape index (κ2) is 11.9. The average Bonchev–Trinajstić information content (AvgIpc) is 2.88. The van der Waals surface area contributed by atoms with E-state index in [0.717, 1.165) is 16.8 Å². The van der Waals surface area contributed by atoms with Crippen LogP contribution in [0.2, 0.25) is 0 Å². The molecule has 13 heteroatoms. The van der Waals surface area contributed by atoms with Gasteiger partial charge in [-0.15, -0.1) is 0 Å². The van der Waals surface area contributed by atoms with Gasteiger partial charge in [-0.05, 0) is 29.8 Å². The first kappa shape index (κ1) is 29.4. The molecule has 0 amide bonds. The molecule has 0 atom stereocenters. The predicted octanol–water partition coefficient (Wildman–Crippen LogP) is 2.80. The van der Waals surface area contributed by atoms with Crippen LogP contribution >= 0.6 is 0 Å². The largest absolute Gasteiger partial charge is 0.486 e. The van der Waals surface area contributed by atoms with Crippen molar-refractivity contribution < 1.29 is 26.7 Å². The van der Waals surface area contributed by atoms with E-state index in [0.29, 0.717) is 29.6 Å². The number of sulfonamides is 1. The molecule has 10 nitrogen and oxygen atoms in total. The fourth-order valence-corrected chi connectivity index (χ4v) is 5.97. The summed E-state index contributed by atoms with van der Waals surface area (Å²) in [7, 11) is -2.03. The number of nitrogens with two attached hydrogens (primary N) is 1. The van der Waals surface area contributed by atoms with Crippen molar-refractivity contribution in [2.24, 2.45) is 5.41 Å². The number of hydrogen-bond acceptors (Lipinski definition) is 8. The van der Waals surface area contributed by atoms with E-state index in [1.54, 1.807) is 31.4 Å². The minimum Gasteiger partial charge on any atom is -0.486 e. The Labute approximate surface area is 232 Å². The molecule has 0 saturated carbocycles. The third-order valence-corrected chi connectivity index (χ3v) is 8.30. The highest BCUT2D eigenvalue weighted by Gasteiger charge is 2.30. The molecule has 1 saturated heterocycles. The summed E-state index contributed by atoms with van der Waals surface area (Å²) in [6, 6.07) is 9.39. The van der Waals surface area contributed by atoms with E-state index in [1.807, 2.05) is 18.7 Å². The summed E-state index contributed by atoms with van der Waals surface area (Å²) in [4.78, 5) is 15.4. The number of anilines is 2. The Morgan fingerprint density at radius 2 is 1.62 bits per heavy atom. The van der Waals surface area contributed by atoms with Gasteiger partial charge in [0.05, 0.1) is 30.9 Å². The summed E-state index contributed by atoms with van der Waals surface area (Å²) in [5, 5.41) is 4.16. The number of piperazine rings is 1. The first-order valence-corrected chi connectivity index (χ1v) is 14.3. The van der Waals surface area contributed by atoms with Gasteiger partial charge >= 0.3 is 5.56 Å². The van der Waals surface area contributed by atoms with Crippen LogP contribution in [-0.2, 0) is 20.5 Å². The normalized spacial score (nSPS) is 14.9. The van der Waals surface area contributed by atoms with E-state index >= 15 is 0 Å². The molecule has 40 heavy (non-hydrogen) atoms. The first-order chi connectivity index (χ1) is 18.9. The lowest BCUT2D eigenvalue weighted by Gasteiger charge is -2.36. The number of benzene rings is 2. The summed E-state index contributed by atoms with van der Waals surface area (Å²) in [5.74, 6) is -1.92. The van der Waals surface area contributed by atoms with Gasteiger partial charge in [0.1, 0.15) is 17.3 Å². The van der Waals surface area contributed by atoms with Gasteiger partial charge in [-0.3, -0.25) is 4.79 Å².